The summed E-state index contributed by atoms with van der Waals surface area (Å²) in [7, 11) is 1.20. The highest BCUT2D eigenvalue weighted by Crippen LogP contribution is 2.40. The summed E-state index contributed by atoms with van der Waals surface area (Å²) in [6.45, 7) is 7.78. The molecule has 41 heavy (non-hydrogen) atoms. The SMILES string of the molecule is CC[C@H](NC(=O)OC)C(=O)N[C@@H](Cc1ccccc1)[C@H](O)C(=O)N1CSC(C)(C)[C@H]1C(=O)NCc1ccccc1C. The zero-order chi connectivity index (χ0) is 30.2. The number of carbonyl (C=O) groups excluding carboxylic acids is 4. The minimum absolute atomic E-state index is 0.155. The van der Waals surface area contributed by atoms with Gasteiger partial charge in [-0.2, -0.15) is 0 Å². The minimum atomic E-state index is -1.64. The van der Waals surface area contributed by atoms with E-state index < -0.39 is 46.9 Å². The number of benzene rings is 2. The van der Waals surface area contributed by atoms with E-state index in [2.05, 4.69) is 20.7 Å². The smallest absolute Gasteiger partial charge is 0.407 e. The van der Waals surface area contributed by atoms with E-state index in [0.717, 1.165) is 16.7 Å². The summed E-state index contributed by atoms with van der Waals surface area (Å²) < 4.78 is 4.00. The Bertz CT molecular complexity index is 1220. The van der Waals surface area contributed by atoms with Gasteiger partial charge in [-0.15, -0.1) is 11.8 Å². The Morgan fingerprint density at radius 1 is 1.07 bits per heavy atom. The number of aryl methyl sites for hydroxylation is 1. The maximum atomic E-state index is 13.8. The molecule has 4 amide bonds. The number of aliphatic hydroxyl groups excluding tert-OH is 1. The summed E-state index contributed by atoms with van der Waals surface area (Å²) in [6, 6.07) is 14.1. The van der Waals surface area contributed by atoms with E-state index in [-0.39, 0.29) is 24.6 Å². The average molecular weight is 585 g/mol. The van der Waals surface area contributed by atoms with Crippen LogP contribution in [0.15, 0.2) is 54.6 Å². The number of aliphatic hydroxyl groups is 1. The molecule has 10 nitrogen and oxygen atoms in total. The number of methoxy groups -OCH3 is 1. The highest BCUT2D eigenvalue weighted by atomic mass is 32.2. The number of hydrogen-bond acceptors (Lipinski definition) is 7. The Morgan fingerprint density at radius 3 is 2.37 bits per heavy atom. The van der Waals surface area contributed by atoms with Crippen LogP contribution in [0.25, 0.3) is 0 Å². The lowest BCUT2D eigenvalue weighted by atomic mass is 9.96. The first-order chi connectivity index (χ1) is 19.5. The Hall–Kier alpha value is -3.57. The standard InChI is InChI=1S/C30H40N4O6S/c1-6-22(33-29(39)40-5)26(36)32-23(16-20-13-8-7-9-14-20)24(35)28(38)34-18-41-30(3,4)25(34)27(37)31-17-21-15-11-10-12-19(21)2/h7-15,22-25,35H,6,16-18H2,1-5H3,(H,31,37)(H,32,36)(H,33,39)/t22-,23-,24-,25+/m0/s1. The molecule has 0 spiro atoms. The summed E-state index contributed by atoms with van der Waals surface area (Å²) in [5.41, 5.74) is 2.81. The van der Waals surface area contributed by atoms with E-state index in [4.69, 9.17) is 0 Å². The predicted octanol–water partition coefficient (Wildman–Crippen LogP) is 2.51. The highest BCUT2D eigenvalue weighted by Gasteiger charge is 2.49. The predicted molar refractivity (Wildman–Crippen MR) is 158 cm³/mol. The Balaban J connectivity index is 1.81. The normalized spacial score (nSPS) is 18.1. The quantitative estimate of drug-likeness (QED) is 0.319. The average Bonchev–Trinajstić information content (AvgIpc) is 3.29. The van der Waals surface area contributed by atoms with Crippen LogP contribution in [-0.2, 0) is 32.1 Å². The molecule has 1 aliphatic heterocycles. The van der Waals surface area contributed by atoms with Gasteiger partial charge in [0, 0.05) is 11.3 Å². The van der Waals surface area contributed by atoms with Crippen molar-refractivity contribution in [2.75, 3.05) is 13.0 Å². The van der Waals surface area contributed by atoms with E-state index >= 15 is 0 Å². The first-order valence-corrected chi connectivity index (χ1v) is 14.6. The Morgan fingerprint density at radius 2 is 1.73 bits per heavy atom. The van der Waals surface area contributed by atoms with Crippen LogP contribution in [0.1, 0.15) is 43.9 Å². The van der Waals surface area contributed by atoms with Crippen LogP contribution in [-0.4, -0.2) is 75.8 Å². The highest BCUT2D eigenvalue weighted by molar-refractivity contribution is 8.00. The second-order valence-electron chi connectivity index (χ2n) is 10.6. The minimum Gasteiger partial charge on any atom is -0.453 e. The molecule has 1 saturated heterocycles. The van der Waals surface area contributed by atoms with Crippen LogP contribution < -0.4 is 16.0 Å². The van der Waals surface area contributed by atoms with Crippen LogP contribution in [0.4, 0.5) is 4.79 Å². The number of alkyl carbamates (subject to hydrolysis) is 1. The topological polar surface area (TPSA) is 137 Å². The fourth-order valence-corrected chi connectivity index (χ4v) is 5.93. The zero-order valence-corrected chi connectivity index (χ0v) is 25.0. The van der Waals surface area contributed by atoms with Crippen molar-refractivity contribution in [1.29, 1.82) is 0 Å². The molecule has 4 N–H and O–H groups in total. The molecular formula is C30H40N4O6S. The summed E-state index contributed by atoms with van der Waals surface area (Å²) in [6.07, 6.45) is -1.98. The molecule has 11 heteroatoms. The van der Waals surface area contributed by atoms with Crippen LogP contribution in [0.5, 0.6) is 0 Å². The van der Waals surface area contributed by atoms with Gasteiger partial charge in [-0.25, -0.2) is 4.79 Å². The maximum Gasteiger partial charge on any atom is 0.407 e. The molecule has 0 radical (unpaired) electrons. The van der Waals surface area contributed by atoms with Gasteiger partial charge in [0.15, 0.2) is 6.10 Å². The van der Waals surface area contributed by atoms with E-state index in [1.807, 2.05) is 75.4 Å². The summed E-state index contributed by atoms with van der Waals surface area (Å²) in [4.78, 5) is 53.5. The van der Waals surface area contributed by atoms with Crippen LogP contribution in [0.2, 0.25) is 0 Å². The number of amides is 4. The Kier molecular flexibility index (Phi) is 11.2. The van der Waals surface area contributed by atoms with Gasteiger partial charge in [-0.05, 0) is 50.3 Å². The van der Waals surface area contributed by atoms with Crippen molar-refractivity contribution in [3.63, 3.8) is 0 Å². The Labute approximate surface area is 245 Å². The van der Waals surface area contributed by atoms with Crippen molar-refractivity contribution in [2.24, 2.45) is 0 Å². The fourth-order valence-electron chi connectivity index (χ4n) is 4.79. The molecule has 1 heterocycles. The van der Waals surface area contributed by atoms with Crippen molar-refractivity contribution < 1.29 is 29.0 Å². The van der Waals surface area contributed by atoms with Crippen LogP contribution >= 0.6 is 11.8 Å². The molecule has 0 aliphatic carbocycles. The monoisotopic (exact) mass is 584 g/mol. The van der Waals surface area contributed by atoms with Crippen molar-refractivity contribution in [1.82, 2.24) is 20.9 Å². The molecule has 4 atom stereocenters. The van der Waals surface area contributed by atoms with E-state index in [0.29, 0.717) is 6.54 Å². The first kappa shape index (κ1) is 32.0. The number of nitrogens with one attached hydrogen (secondary N) is 3. The molecule has 0 bridgehead atoms. The van der Waals surface area contributed by atoms with Gasteiger partial charge in [0.1, 0.15) is 12.1 Å². The lowest BCUT2D eigenvalue weighted by Gasteiger charge is -2.33. The fraction of sp³-hybridized carbons (Fsp3) is 0.467. The third-order valence-electron chi connectivity index (χ3n) is 7.25. The maximum absolute atomic E-state index is 13.8. The van der Waals surface area contributed by atoms with Crippen LogP contribution in [0, 0.1) is 6.92 Å². The number of rotatable bonds is 11. The third kappa shape index (κ3) is 8.23. The molecule has 1 fully saturated rings. The van der Waals surface area contributed by atoms with Gasteiger partial charge >= 0.3 is 6.09 Å². The number of thioether (sulfide) groups is 1. The molecule has 3 rings (SSSR count). The first-order valence-electron chi connectivity index (χ1n) is 13.6. The van der Waals surface area contributed by atoms with Crippen molar-refractivity contribution >= 4 is 35.6 Å². The molecule has 0 aromatic heterocycles. The zero-order valence-electron chi connectivity index (χ0n) is 24.2. The van der Waals surface area contributed by atoms with Crippen molar-refractivity contribution in [2.45, 2.75) is 76.1 Å². The molecular weight excluding hydrogens is 544 g/mol. The summed E-state index contributed by atoms with van der Waals surface area (Å²) in [5.74, 6) is -1.33. The lowest BCUT2D eigenvalue weighted by molar-refractivity contribution is -0.148. The van der Waals surface area contributed by atoms with Crippen LogP contribution in [0.3, 0.4) is 0 Å². The third-order valence-corrected chi connectivity index (χ3v) is 8.63. The summed E-state index contributed by atoms with van der Waals surface area (Å²) >= 11 is 1.45. The van der Waals surface area contributed by atoms with Gasteiger partial charge in [-0.3, -0.25) is 14.4 Å². The molecule has 1 aliphatic rings. The molecule has 2 aromatic rings. The van der Waals surface area contributed by atoms with E-state index in [1.165, 1.54) is 23.8 Å². The second kappa shape index (κ2) is 14.4. The summed E-state index contributed by atoms with van der Waals surface area (Å²) in [5, 5.41) is 19.6. The van der Waals surface area contributed by atoms with E-state index in [9.17, 15) is 24.3 Å². The molecule has 2 aromatic carbocycles. The molecule has 222 valence electrons. The van der Waals surface area contributed by atoms with Gasteiger partial charge in [0.05, 0.1) is 19.0 Å². The lowest BCUT2D eigenvalue weighted by Crippen LogP contribution is -2.60. The van der Waals surface area contributed by atoms with Gasteiger partial charge in [0.2, 0.25) is 11.8 Å². The number of carbonyl (C=O) groups is 4. The van der Waals surface area contributed by atoms with Crippen molar-refractivity contribution in [3.05, 3.63) is 71.3 Å². The molecule has 0 unspecified atom stereocenters. The second-order valence-corrected chi connectivity index (χ2v) is 12.2. The molecule has 0 saturated carbocycles. The number of nitrogens with zero attached hydrogens (tertiary/aromatic N) is 1. The van der Waals surface area contributed by atoms with Crippen molar-refractivity contribution in [3.8, 4) is 0 Å². The van der Waals surface area contributed by atoms with Gasteiger partial charge < -0.3 is 30.7 Å². The van der Waals surface area contributed by atoms with Gasteiger partial charge in [0.25, 0.3) is 5.91 Å². The largest absolute Gasteiger partial charge is 0.453 e. The number of hydrogen-bond donors (Lipinski definition) is 4. The number of ether oxygens (including phenoxy) is 1. The van der Waals surface area contributed by atoms with E-state index in [1.54, 1.807) is 6.92 Å². The van der Waals surface area contributed by atoms with Gasteiger partial charge in [-0.1, -0.05) is 61.5 Å².